The molecule has 6 heteroatoms. The summed E-state index contributed by atoms with van der Waals surface area (Å²) in [6, 6.07) is 15.2. The number of ether oxygens (including phenoxy) is 1. The smallest absolute Gasteiger partial charge is 0.262 e. The van der Waals surface area contributed by atoms with Gasteiger partial charge >= 0.3 is 0 Å². The quantitative estimate of drug-likeness (QED) is 0.704. The van der Waals surface area contributed by atoms with E-state index in [2.05, 4.69) is 30.1 Å². The molecule has 0 bridgehead atoms. The van der Waals surface area contributed by atoms with Gasteiger partial charge in [-0.1, -0.05) is 26.0 Å². The summed E-state index contributed by atoms with van der Waals surface area (Å²) in [5.41, 5.74) is 2.81. The molecule has 3 rings (SSSR count). The minimum absolute atomic E-state index is 0.0672. The molecule has 0 unspecified atom stereocenters. The van der Waals surface area contributed by atoms with Crippen molar-refractivity contribution < 1.29 is 14.3 Å². The predicted octanol–water partition coefficient (Wildman–Crippen LogP) is 3.67. The minimum Gasteiger partial charge on any atom is -0.484 e. The first-order chi connectivity index (χ1) is 14.1. The third-order valence-corrected chi connectivity index (χ3v) is 5.10. The van der Waals surface area contributed by atoms with Gasteiger partial charge in [-0.2, -0.15) is 0 Å². The second-order valence-corrected chi connectivity index (χ2v) is 7.14. The number of nitrogens with zero attached hydrogens (tertiary/aromatic N) is 2. The van der Waals surface area contributed by atoms with Crippen molar-refractivity contribution in [2.75, 3.05) is 36.5 Å². The van der Waals surface area contributed by atoms with Crippen LogP contribution in [0.1, 0.15) is 32.3 Å². The Balaban J connectivity index is 1.50. The number of benzene rings is 2. The number of nitrogens with one attached hydrogen (secondary N) is 1. The van der Waals surface area contributed by atoms with E-state index in [1.54, 1.807) is 17.0 Å². The molecule has 6 nitrogen and oxygen atoms in total. The highest BCUT2D eigenvalue weighted by Gasteiger charge is 2.21. The van der Waals surface area contributed by atoms with Crippen molar-refractivity contribution in [2.45, 2.75) is 33.2 Å². The first-order valence-electron chi connectivity index (χ1n) is 10.2. The second-order valence-electron chi connectivity index (χ2n) is 7.14. The SMILES string of the molecule is CCN(CC)Cc1cccc(NC(=O)COc2ccc(N3CCCC3=O)cc2)c1. The normalized spacial score (nSPS) is 13.8. The molecule has 0 spiro atoms. The first-order valence-corrected chi connectivity index (χ1v) is 10.2. The maximum Gasteiger partial charge on any atom is 0.262 e. The summed E-state index contributed by atoms with van der Waals surface area (Å²) in [5, 5.41) is 2.89. The van der Waals surface area contributed by atoms with Crippen LogP contribution >= 0.6 is 0 Å². The van der Waals surface area contributed by atoms with Crippen LogP contribution in [0.3, 0.4) is 0 Å². The molecule has 1 heterocycles. The van der Waals surface area contributed by atoms with E-state index in [0.717, 1.165) is 44.0 Å². The van der Waals surface area contributed by atoms with Crippen molar-refractivity contribution in [1.29, 1.82) is 0 Å². The van der Waals surface area contributed by atoms with E-state index in [1.807, 2.05) is 30.3 Å². The van der Waals surface area contributed by atoms with Crippen molar-refractivity contribution in [3.8, 4) is 5.75 Å². The maximum absolute atomic E-state index is 12.3. The highest BCUT2D eigenvalue weighted by atomic mass is 16.5. The van der Waals surface area contributed by atoms with Crippen LogP contribution in [-0.2, 0) is 16.1 Å². The van der Waals surface area contributed by atoms with Gasteiger partial charge in [-0.25, -0.2) is 0 Å². The van der Waals surface area contributed by atoms with Crippen molar-refractivity contribution in [2.24, 2.45) is 0 Å². The molecular weight excluding hydrogens is 366 g/mol. The predicted molar refractivity (Wildman–Crippen MR) is 115 cm³/mol. The number of amides is 2. The summed E-state index contributed by atoms with van der Waals surface area (Å²) in [7, 11) is 0. The van der Waals surface area contributed by atoms with Crippen LogP contribution in [0.5, 0.6) is 5.75 Å². The van der Waals surface area contributed by atoms with Crippen LogP contribution in [0.15, 0.2) is 48.5 Å². The van der Waals surface area contributed by atoms with Gasteiger partial charge in [0.1, 0.15) is 5.75 Å². The molecule has 0 atom stereocenters. The van der Waals surface area contributed by atoms with Gasteiger partial charge in [0, 0.05) is 30.9 Å². The van der Waals surface area contributed by atoms with E-state index >= 15 is 0 Å². The average molecular weight is 396 g/mol. The zero-order valence-corrected chi connectivity index (χ0v) is 17.2. The lowest BCUT2D eigenvalue weighted by Crippen LogP contribution is -2.23. The summed E-state index contributed by atoms with van der Waals surface area (Å²) in [5.74, 6) is 0.552. The van der Waals surface area contributed by atoms with Crippen molar-refractivity contribution >= 4 is 23.2 Å². The zero-order valence-electron chi connectivity index (χ0n) is 17.2. The lowest BCUT2D eigenvalue weighted by Gasteiger charge is -2.18. The molecule has 0 radical (unpaired) electrons. The van der Waals surface area contributed by atoms with Crippen LogP contribution in [0, 0.1) is 0 Å². The number of anilines is 2. The molecule has 2 aromatic carbocycles. The van der Waals surface area contributed by atoms with Crippen molar-refractivity contribution in [1.82, 2.24) is 4.90 Å². The third-order valence-electron chi connectivity index (χ3n) is 5.10. The van der Waals surface area contributed by atoms with Crippen LogP contribution in [0.4, 0.5) is 11.4 Å². The zero-order chi connectivity index (χ0) is 20.6. The Labute approximate surface area is 172 Å². The number of carbonyl (C=O) groups is 2. The Kier molecular flexibility index (Phi) is 7.25. The molecule has 2 amide bonds. The van der Waals surface area contributed by atoms with Gasteiger partial charge in [0.15, 0.2) is 6.61 Å². The van der Waals surface area contributed by atoms with Crippen LogP contribution in [0.25, 0.3) is 0 Å². The van der Waals surface area contributed by atoms with Gasteiger partial charge < -0.3 is 15.0 Å². The Hall–Kier alpha value is -2.86. The Morgan fingerprint density at radius 2 is 1.90 bits per heavy atom. The molecule has 154 valence electrons. The highest BCUT2D eigenvalue weighted by Crippen LogP contribution is 2.24. The van der Waals surface area contributed by atoms with Crippen molar-refractivity contribution in [3.63, 3.8) is 0 Å². The first kappa shape index (κ1) is 20.9. The standard InChI is InChI=1S/C23H29N3O3/c1-3-25(4-2)16-18-7-5-8-19(15-18)24-22(27)17-29-21-12-10-20(11-13-21)26-14-6-9-23(26)28/h5,7-8,10-13,15H,3-4,6,9,14,16-17H2,1-2H3,(H,24,27). The van der Waals surface area contributed by atoms with E-state index < -0.39 is 0 Å². The van der Waals surface area contributed by atoms with Gasteiger partial charge in [-0.3, -0.25) is 14.5 Å². The van der Waals surface area contributed by atoms with E-state index in [4.69, 9.17) is 4.74 Å². The molecule has 0 saturated carbocycles. The van der Waals surface area contributed by atoms with Crippen LogP contribution in [-0.4, -0.2) is 43.0 Å². The van der Waals surface area contributed by atoms with Gasteiger partial charge in [0.25, 0.3) is 5.91 Å². The van der Waals surface area contributed by atoms with E-state index in [-0.39, 0.29) is 18.4 Å². The molecule has 1 aliphatic rings. The van der Waals surface area contributed by atoms with Gasteiger partial charge in [-0.15, -0.1) is 0 Å². The molecule has 29 heavy (non-hydrogen) atoms. The Morgan fingerprint density at radius 3 is 2.55 bits per heavy atom. The number of rotatable bonds is 9. The summed E-state index contributed by atoms with van der Waals surface area (Å²) >= 11 is 0. The van der Waals surface area contributed by atoms with Gasteiger partial charge in [0.2, 0.25) is 5.91 Å². The minimum atomic E-state index is -0.205. The summed E-state index contributed by atoms with van der Waals surface area (Å²) < 4.78 is 5.59. The lowest BCUT2D eigenvalue weighted by molar-refractivity contribution is -0.118. The van der Waals surface area contributed by atoms with Gasteiger partial charge in [0.05, 0.1) is 0 Å². The molecule has 1 saturated heterocycles. The number of carbonyl (C=O) groups excluding carboxylic acids is 2. The average Bonchev–Trinajstić information content (AvgIpc) is 3.17. The number of hydrogen-bond donors (Lipinski definition) is 1. The third kappa shape index (κ3) is 5.81. The maximum atomic E-state index is 12.3. The highest BCUT2D eigenvalue weighted by molar-refractivity contribution is 5.95. The largest absolute Gasteiger partial charge is 0.484 e. The van der Waals surface area contributed by atoms with Crippen molar-refractivity contribution in [3.05, 3.63) is 54.1 Å². The van der Waals surface area contributed by atoms with E-state index in [0.29, 0.717) is 12.2 Å². The molecule has 1 aliphatic heterocycles. The van der Waals surface area contributed by atoms with Gasteiger partial charge in [-0.05, 0) is 61.5 Å². The second kappa shape index (κ2) is 10.1. The summed E-state index contributed by atoms with van der Waals surface area (Å²) in [4.78, 5) is 28.2. The number of hydrogen-bond acceptors (Lipinski definition) is 4. The van der Waals surface area contributed by atoms with E-state index in [1.165, 1.54) is 5.56 Å². The van der Waals surface area contributed by atoms with E-state index in [9.17, 15) is 9.59 Å². The molecule has 1 fully saturated rings. The van der Waals surface area contributed by atoms with Crippen LogP contribution < -0.4 is 15.0 Å². The Bertz CT molecular complexity index is 832. The lowest BCUT2D eigenvalue weighted by atomic mass is 10.2. The topological polar surface area (TPSA) is 61.9 Å². The fourth-order valence-corrected chi connectivity index (χ4v) is 3.44. The molecular formula is C23H29N3O3. The molecule has 2 aromatic rings. The fraction of sp³-hybridized carbons (Fsp3) is 0.391. The Morgan fingerprint density at radius 1 is 1.14 bits per heavy atom. The monoisotopic (exact) mass is 395 g/mol. The van der Waals surface area contributed by atoms with Crippen LogP contribution in [0.2, 0.25) is 0 Å². The molecule has 0 aromatic heterocycles. The molecule has 0 aliphatic carbocycles. The molecule has 1 N–H and O–H groups in total. The summed E-state index contributed by atoms with van der Waals surface area (Å²) in [6.07, 6.45) is 1.50. The summed E-state index contributed by atoms with van der Waals surface area (Å²) in [6.45, 7) is 7.82. The fourth-order valence-electron chi connectivity index (χ4n) is 3.44.